The molecule has 1 saturated heterocycles. The fourth-order valence-corrected chi connectivity index (χ4v) is 5.27. The summed E-state index contributed by atoms with van der Waals surface area (Å²) in [7, 11) is -3.58. The quantitative estimate of drug-likeness (QED) is 0.687. The Bertz CT molecular complexity index is 1080. The smallest absolute Gasteiger partial charge is 0.243 e. The highest BCUT2D eigenvalue weighted by Crippen LogP contribution is 2.32. The summed E-state index contributed by atoms with van der Waals surface area (Å²) >= 11 is 0. The molecule has 0 saturated carbocycles. The van der Waals surface area contributed by atoms with Gasteiger partial charge in [0.1, 0.15) is 5.75 Å². The van der Waals surface area contributed by atoms with Crippen molar-refractivity contribution in [2.75, 3.05) is 18.4 Å². The summed E-state index contributed by atoms with van der Waals surface area (Å²) in [5, 5.41) is 13.0. The minimum absolute atomic E-state index is 0.0242. The van der Waals surface area contributed by atoms with Gasteiger partial charge in [-0.25, -0.2) is 8.42 Å². The number of carbonyl (C=O) groups excluding carboxylic acids is 1. The zero-order valence-electron chi connectivity index (χ0n) is 18.9. The van der Waals surface area contributed by atoms with Crippen LogP contribution < -0.4 is 5.32 Å². The first-order valence-electron chi connectivity index (χ1n) is 10.6. The molecule has 0 radical (unpaired) electrons. The number of aromatic hydroxyl groups is 1. The van der Waals surface area contributed by atoms with Crippen LogP contribution in [0.1, 0.15) is 50.3 Å². The molecule has 2 aromatic carbocycles. The molecule has 2 aromatic rings. The fourth-order valence-electron chi connectivity index (χ4n) is 3.72. The first-order chi connectivity index (χ1) is 14.4. The highest BCUT2D eigenvalue weighted by atomic mass is 32.2. The first kappa shape index (κ1) is 23.3. The lowest BCUT2D eigenvalue weighted by Crippen LogP contribution is -2.41. The predicted octanol–water partition coefficient (Wildman–Crippen LogP) is 4.35. The van der Waals surface area contributed by atoms with Gasteiger partial charge in [0.2, 0.25) is 15.9 Å². The standard InChI is InChI=1S/C24H32N2O4S/c1-16-6-8-20(14-17(16)2)31(29,30)26-12-10-18(11-13-26)23(28)25-21-15-19(24(3,4)5)7-9-22(21)27/h6-9,14-15,18,27H,10-13H2,1-5H3,(H,25,28). The van der Waals surface area contributed by atoms with E-state index in [-0.39, 0.29) is 23.0 Å². The normalized spacial score (nSPS) is 16.3. The second-order valence-electron chi connectivity index (χ2n) is 9.40. The third kappa shape index (κ3) is 5.10. The van der Waals surface area contributed by atoms with Crippen molar-refractivity contribution < 1.29 is 18.3 Å². The van der Waals surface area contributed by atoms with Gasteiger partial charge in [-0.3, -0.25) is 4.79 Å². The summed E-state index contributed by atoms with van der Waals surface area (Å²) in [6.45, 7) is 10.6. The molecule has 0 aliphatic carbocycles. The van der Waals surface area contributed by atoms with Gasteiger partial charge >= 0.3 is 0 Å². The van der Waals surface area contributed by atoms with E-state index in [1.54, 1.807) is 24.3 Å². The average Bonchev–Trinajstić information content (AvgIpc) is 2.70. The van der Waals surface area contributed by atoms with Gasteiger partial charge in [0, 0.05) is 19.0 Å². The molecule has 0 bridgehead atoms. The molecular formula is C24H32N2O4S. The van der Waals surface area contributed by atoms with E-state index in [2.05, 4.69) is 26.1 Å². The van der Waals surface area contributed by atoms with Gasteiger partial charge in [-0.2, -0.15) is 4.31 Å². The van der Waals surface area contributed by atoms with Crippen molar-refractivity contribution in [2.24, 2.45) is 5.92 Å². The van der Waals surface area contributed by atoms with Crippen LogP contribution in [0.3, 0.4) is 0 Å². The van der Waals surface area contributed by atoms with Crippen LogP contribution in [0.4, 0.5) is 5.69 Å². The van der Waals surface area contributed by atoms with Crippen LogP contribution in [-0.2, 0) is 20.2 Å². The number of hydrogen-bond acceptors (Lipinski definition) is 4. The highest BCUT2D eigenvalue weighted by Gasteiger charge is 2.32. The van der Waals surface area contributed by atoms with Crippen molar-refractivity contribution in [3.8, 4) is 5.75 Å². The Morgan fingerprint density at radius 3 is 2.26 bits per heavy atom. The van der Waals surface area contributed by atoms with E-state index in [1.807, 2.05) is 26.0 Å². The number of carbonyl (C=O) groups is 1. The van der Waals surface area contributed by atoms with E-state index in [9.17, 15) is 18.3 Å². The summed E-state index contributed by atoms with van der Waals surface area (Å²) < 4.78 is 27.4. The molecule has 7 heteroatoms. The van der Waals surface area contributed by atoms with E-state index in [4.69, 9.17) is 0 Å². The third-order valence-corrected chi connectivity index (χ3v) is 7.96. The highest BCUT2D eigenvalue weighted by molar-refractivity contribution is 7.89. The molecular weight excluding hydrogens is 412 g/mol. The van der Waals surface area contributed by atoms with E-state index in [1.165, 1.54) is 4.31 Å². The van der Waals surface area contributed by atoms with E-state index in [0.29, 0.717) is 36.5 Å². The summed E-state index contributed by atoms with van der Waals surface area (Å²) in [6.07, 6.45) is 0.880. The van der Waals surface area contributed by atoms with Crippen molar-refractivity contribution in [1.82, 2.24) is 4.31 Å². The number of nitrogens with one attached hydrogen (secondary N) is 1. The minimum atomic E-state index is -3.58. The molecule has 2 N–H and O–H groups in total. The Morgan fingerprint density at radius 2 is 1.68 bits per heavy atom. The van der Waals surface area contributed by atoms with Crippen LogP contribution >= 0.6 is 0 Å². The molecule has 6 nitrogen and oxygen atoms in total. The number of amides is 1. The second-order valence-corrected chi connectivity index (χ2v) is 11.3. The average molecular weight is 445 g/mol. The maximum Gasteiger partial charge on any atom is 0.243 e. The van der Waals surface area contributed by atoms with Crippen LogP contribution in [0, 0.1) is 19.8 Å². The molecule has 0 atom stereocenters. The number of piperidine rings is 1. The summed E-state index contributed by atoms with van der Waals surface area (Å²) in [4.78, 5) is 13.1. The maximum atomic E-state index is 13.0. The van der Waals surface area contributed by atoms with Crippen LogP contribution in [0.15, 0.2) is 41.3 Å². The van der Waals surface area contributed by atoms with Crippen LogP contribution in [0.25, 0.3) is 0 Å². The summed E-state index contributed by atoms with van der Waals surface area (Å²) in [5.41, 5.74) is 3.28. The van der Waals surface area contributed by atoms with Gasteiger partial charge in [0.05, 0.1) is 10.6 Å². The van der Waals surface area contributed by atoms with Crippen molar-refractivity contribution in [2.45, 2.75) is 57.8 Å². The number of anilines is 1. The lowest BCUT2D eigenvalue weighted by molar-refractivity contribution is -0.120. The molecule has 3 rings (SSSR count). The Hall–Kier alpha value is -2.38. The van der Waals surface area contributed by atoms with Crippen molar-refractivity contribution in [3.05, 3.63) is 53.1 Å². The number of nitrogens with zero attached hydrogens (tertiary/aromatic N) is 1. The molecule has 0 unspecified atom stereocenters. The number of phenolic OH excluding ortho intramolecular Hbond substituents is 1. The minimum Gasteiger partial charge on any atom is -0.506 e. The number of aryl methyl sites for hydroxylation is 2. The van der Waals surface area contributed by atoms with Gasteiger partial charge in [0.25, 0.3) is 0 Å². The molecule has 0 aromatic heterocycles. The Balaban J connectivity index is 1.67. The zero-order chi connectivity index (χ0) is 23.0. The molecule has 0 spiro atoms. The first-order valence-corrected chi connectivity index (χ1v) is 12.1. The molecule has 1 fully saturated rings. The second kappa shape index (κ2) is 8.63. The summed E-state index contributed by atoms with van der Waals surface area (Å²) in [6, 6.07) is 10.4. The Labute approximate surface area is 185 Å². The van der Waals surface area contributed by atoms with Gasteiger partial charge in [-0.15, -0.1) is 0 Å². The zero-order valence-corrected chi connectivity index (χ0v) is 19.7. The number of benzene rings is 2. The fraction of sp³-hybridized carbons (Fsp3) is 0.458. The SMILES string of the molecule is Cc1ccc(S(=O)(=O)N2CCC(C(=O)Nc3cc(C(C)(C)C)ccc3O)CC2)cc1C. The maximum absolute atomic E-state index is 13.0. The molecule has 1 aliphatic heterocycles. The van der Waals surface area contributed by atoms with E-state index < -0.39 is 10.0 Å². The lowest BCUT2D eigenvalue weighted by Gasteiger charge is -2.31. The molecule has 1 amide bonds. The predicted molar refractivity (Wildman–Crippen MR) is 123 cm³/mol. The van der Waals surface area contributed by atoms with Crippen LogP contribution in [0.2, 0.25) is 0 Å². The van der Waals surface area contributed by atoms with Gasteiger partial charge in [-0.05, 0) is 73.1 Å². The molecule has 31 heavy (non-hydrogen) atoms. The monoisotopic (exact) mass is 444 g/mol. The van der Waals surface area contributed by atoms with E-state index in [0.717, 1.165) is 16.7 Å². The van der Waals surface area contributed by atoms with E-state index >= 15 is 0 Å². The topological polar surface area (TPSA) is 86.7 Å². The van der Waals surface area contributed by atoms with Crippen molar-refractivity contribution in [3.63, 3.8) is 0 Å². The lowest BCUT2D eigenvalue weighted by atomic mass is 9.86. The number of sulfonamides is 1. The Kier molecular flexibility index (Phi) is 6.48. The number of phenols is 1. The van der Waals surface area contributed by atoms with Gasteiger partial charge in [0.15, 0.2) is 0 Å². The van der Waals surface area contributed by atoms with Crippen molar-refractivity contribution >= 4 is 21.6 Å². The van der Waals surface area contributed by atoms with Crippen molar-refractivity contribution in [1.29, 1.82) is 0 Å². The van der Waals surface area contributed by atoms with Gasteiger partial charge < -0.3 is 10.4 Å². The van der Waals surface area contributed by atoms with Gasteiger partial charge in [-0.1, -0.05) is 32.9 Å². The van der Waals surface area contributed by atoms with Crippen LogP contribution in [0.5, 0.6) is 5.75 Å². The largest absolute Gasteiger partial charge is 0.506 e. The van der Waals surface area contributed by atoms with Crippen LogP contribution in [-0.4, -0.2) is 36.8 Å². The summed E-state index contributed by atoms with van der Waals surface area (Å²) in [5.74, 6) is -0.468. The number of rotatable bonds is 4. The third-order valence-electron chi connectivity index (χ3n) is 6.06. The molecule has 1 aliphatic rings. The molecule has 1 heterocycles. The number of hydrogen-bond donors (Lipinski definition) is 2. The molecule has 168 valence electrons. The Morgan fingerprint density at radius 1 is 1.03 bits per heavy atom.